The molecule has 2 aromatic rings. The molecular weight excluding hydrogens is 517 g/mol. The molecule has 0 saturated heterocycles. The Hall–Kier alpha value is -1.21. The maximum Gasteiger partial charge on any atom is -1.00 e. The fraction of sp³-hybridized carbons (Fsp3) is 0.286. The molecule has 32 heavy (non-hydrogen) atoms. The molecule has 0 saturated carbocycles. The van der Waals surface area contributed by atoms with Gasteiger partial charge in [-0.1, -0.05) is 0 Å². The van der Waals surface area contributed by atoms with Crippen LogP contribution in [0.2, 0.25) is 0 Å². The van der Waals surface area contributed by atoms with Gasteiger partial charge in [0.1, 0.15) is 0 Å². The van der Waals surface area contributed by atoms with E-state index in [9.17, 15) is 4.39 Å². The van der Waals surface area contributed by atoms with Crippen LogP contribution < -0.4 is 24.8 Å². The number of rotatable bonds is 4. The van der Waals surface area contributed by atoms with Gasteiger partial charge >= 0.3 is 193 Å². The zero-order chi connectivity index (χ0) is 21.6. The second-order valence-electron chi connectivity index (χ2n) is 9.08. The Labute approximate surface area is 216 Å². The number of hydrogen-bond donors (Lipinski definition) is 0. The molecule has 1 atom stereocenters. The molecule has 0 amide bonds. The monoisotopic (exact) mass is 544 g/mol. The minimum Gasteiger partial charge on any atom is -1.00 e. The van der Waals surface area contributed by atoms with Crippen molar-refractivity contribution in [3.05, 3.63) is 96.1 Å². The first-order valence-corrected chi connectivity index (χ1v) is 13.3. The maximum absolute atomic E-state index is 13.2. The van der Waals surface area contributed by atoms with E-state index in [1.54, 1.807) is 14.4 Å². The summed E-state index contributed by atoms with van der Waals surface area (Å²) in [7, 11) is 0. The first kappa shape index (κ1) is 27.0. The van der Waals surface area contributed by atoms with Gasteiger partial charge in [0, 0.05) is 0 Å². The van der Waals surface area contributed by atoms with Crippen LogP contribution >= 0.6 is 0 Å². The molecule has 1 unspecified atom stereocenters. The van der Waals surface area contributed by atoms with Crippen LogP contribution in [0, 0.1) is 11.2 Å². The summed E-state index contributed by atoms with van der Waals surface area (Å²) in [6.07, 6.45) is 6.65. The van der Waals surface area contributed by atoms with Crippen LogP contribution in [0.5, 0.6) is 0 Å². The zero-order valence-corrected chi connectivity index (χ0v) is 23.5. The van der Waals surface area contributed by atoms with Gasteiger partial charge in [0.05, 0.1) is 0 Å². The number of hydrogen-bond acceptors (Lipinski definition) is 0. The van der Waals surface area contributed by atoms with Crippen LogP contribution in [-0.2, 0) is 23.2 Å². The molecule has 0 aliphatic heterocycles. The van der Waals surface area contributed by atoms with E-state index in [4.69, 9.17) is 0 Å². The molecule has 2 aromatic carbocycles. The Morgan fingerprint density at radius 1 is 0.875 bits per heavy atom. The van der Waals surface area contributed by atoms with Crippen molar-refractivity contribution in [3.63, 3.8) is 0 Å². The smallest absolute Gasteiger partial charge is 1.00 e. The molecule has 2 aliphatic rings. The minimum atomic E-state index is -0.839. The van der Waals surface area contributed by atoms with Crippen LogP contribution in [0.15, 0.2) is 68.0 Å². The third-order valence-corrected chi connectivity index (χ3v) is 12.7. The van der Waals surface area contributed by atoms with Crippen LogP contribution in [0.25, 0.3) is 18.2 Å². The number of allylic oxidation sites excluding steroid dienone is 5. The van der Waals surface area contributed by atoms with Crippen LogP contribution in [0.4, 0.5) is 4.39 Å². The zero-order valence-electron chi connectivity index (χ0n) is 19.5. The molecule has 4 heteroatoms. The quantitative estimate of drug-likeness (QED) is 0.516. The fourth-order valence-electron chi connectivity index (χ4n) is 4.70. The summed E-state index contributed by atoms with van der Waals surface area (Å²) in [5.41, 5.74) is 11.5. The molecule has 2 aliphatic carbocycles. The van der Waals surface area contributed by atoms with Crippen molar-refractivity contribution in [3.8, 4) is 0 Å². The van der Waals surface area contributed by atoms with Crippen LogP contribution in [0.1, 0.15) is 67.4 Å². The average molecular weight is 547 g/mol. The normalized spacial score (nSPS) is 18.8. The number of halogens is 3. The molecule has 0 spiro atoms. The Morgan fingerprint density at radius 2 is 1.53 bits per heavy atom. The third kappa shape index (κ3) is 4.84. The van der Waals surface area contributed by atoms with E-state index in [1.165, 1.54) is 40.0 Å². The van der Waals surface area contributed by atoms with Crippen molar-refractivity contribution in [1.29, 1.82) is 0 Å². The molecule has 0 N–H and O–H groups in total. The summed E-state index contributed by atoms with van der Waals surface area (Å²) >= 11 is -0.839. The summed E-state index contributed by atoms with van der Waals surface area (Å²) in [4.78, 5) is 0. The van der Waals surface area contributed by atoms with Crippen LogP contribution in [0.3, 0.4) is 0 Å². The van der Waals surface area contributed by atoms with E-state index in [-0.39, 0.29) is 36.0 Å². The SMILES string of the molecule is CC1=Cc2c(/C=C/c3ccc(F)cc3)cccc2[CH]1[Zr+2][C]1=C(C)C(C)=C(C)C1(C)C.[Cl-].[Cl-]. The van der Waals surface area contributed by atoms with Gasteiger partial charge in [0.25, 0.3) is 0 Å². The van der Waals surface area contributed by atoms with Crippen molar-refractivity contribution >= 4 is 18.2 Å². The average Bonchev–Trinajstić information content (AvgIpc) is 3.11. The van der Waals surface area contributed by atoms with Gasteiger partial charge in [0.2, 0.25) is 0 Å². The Kier molecular flexibility index (Phi) is 8.77. The van der Waals surface area contributed by atoms with Gasteiger partial charge in [-0.05, 0) is 0 Å². The van der Waals surface area contributed by atoms with Gasteiger partial charge in [-0.15, -0.1) is 0 Å². The van der Waals surface area contributed by atoms with Gasteiger partial charge in [0.15, 0.2) is 0 Å². The Balaban J connectivity index is 0.00000181. The van der Waals surface area contributed by atoms with Crippen molar-refractivity contribution < 1.29 is 52.4 Å². The predicted molar refractivity (Wildman–Crippen MR) is 123 cm³/mol. The van der Waals surface area contributed by atoms with Crippen molar-refractivity contribution in [2.24, 2.45) is 5.41 Å². The Bertz CT molecular complexity index is 1130. The van der Waals surface area contributed by atoms with Gasteiger partial charge in [-0.2, -0.15) is 0 Å². The summed E-state index contributed by atoms with van der Waals surface area (Å²) in [6.45, 7) is 14.1. The number of benzene rings is 2. The minimum absolute atomic E-state index is 0. The summed E-state index contributed by atoms with van der Waals surface area (Å²) in [6, 6.07) is 13.4. The third-order valence-electron chi connectivity index (χ3n) is 6.99. The summed E-state index contributed by atoms with van der Waals surface area (Å²) in [5, 5.41) is 0. The standard InChI is InChI=1S/C18H14F.C10H15.2ClH.Zr/c1-13-11-16-4-2-3-15(18(16)12-13)8-5-14-6-9-17(19)10-7-14;1-7-6-10(4,5)9(3)8(7)2;;;/h2-12H,1H3;1-5H3;2*1H;/q;;;;+2/p-2/b8-5+;;;;. The largest absolute Gasteiger partial charge is 1.00 e. The first-order chi connectivity index (χ1) is 14.2. The van der Waals surface area contributed by atoms with E-state index in [1.807, 2.05) is 12.1 Å². The van der Waals surface area contributed by atoms with E-state index < -0.39 is 23.2 Å². The summed E-state index contributed by atoms with van der Waals surface area (Å²) in [5.74, 6) is -0.195. The van der Waals surface area contributed by atoms with Gasteiger partial charge in [-0.25, -0.2) is 0 Å². The molecule has 0 radical (unpaired) electrons. The molecule has 0 fully saturated rings. The predicted octanol–water partition coefficient (Wildman–Crippen LogP) is 2.19. The second-order valence-corrected chi connectivity index (χ2v) is 12.4. The molecular formula is C28H29Cl2FZr. The van der Waals surface area contributed by atoms with Crippen molar-refractivity contribution in [1.82, 2.24) is 0 Å². The summed E-state index contributed by atoms with van der Waals surface area (Å²) < 4.78 is 15.5. The molecule has 0 heterocycles. The second kappa shape index (κ2) is 10.4. The maximum atomic E-state index is 13.2. The van der Waals surface area contributed by atoms with Crippen LogP contribution in [-0.4, -0.2) is 0 Å². The van der Waals surface area contributed by atoms with E-state index in [0.717, 1.165) is 5.56 Å². The van der Waals surface area contributed by atoms with Gasteiger partial charge in [-0.3, -0.25) is 0 Å². The molecule has 0 bridgehead atoms. The number of fused-ring (bicyclic) bond motifs is 1. The van der Waals surface area contributed by atoms with Crippen molar-refractivity contribution in [2.75, 3.05) is 0 Å². The molecule has 4 rings (SSSR count). The van der Waals surface area contributed by atoms with Gasteiger partial charge < -0.3 is 24.8 Å². The van der Waals surface area contributed by atoms with E-state index in [2.05, 4.69) is 78.0 Å². The topological polar surface area (TPSA) is 0 Å². The molecule has 0 nitrogen and oxygen atoms in total. The van der Waals surface area contributed by atoms with Crippen molar-refractivity contribution in [2.45, 2.75) is 45.2 Å². The molecule has 0 aromatic heterocycles. The Morgan fingerprint density at radius 3 is 2.12 bits per heavy atom. The van der Waals surface area contributed by atoms with E-state index in [0.29, 0.717) is 3.63 Å². The fourth-order valence-corrected chi connectivity index (χ4v) is 9.52. The van der Waals surface area contributed by atoms with E-state index >= 15 is 0 Å². The first-order valence-electron chi connectivity index (χ1n) is 10.6. The molecule has 166 valence electrons.